The topological polar surface area (TPSA) is 84.1 Å². The van der Waals surface area contributed by atoms with Crippen molar-refractivity contribution in [3.8, 4) is 0 Å². The number of carbonyl (C=O) groups is 1. The maximum absolute atomic E-state index is 10.9. The van der Waals surface area contributed by atoms with Gasteiger partial charge in [-0.15, -0.1) is 0 Å². The number of rotatable bonds is 5. The van der Waals surface area contributed by atoms with Crippen molar-refractivity contribution in [3.63, 3.8) is 0 Å². The van der Waals surface area contributed by atoms with Crippen molar-refractivity contribution in [2.45, 2.75) is 19.8 Å². The van der Waals surface area contributed by atoms with E-state index in [2.05, 4.69) is 29.1 Å². The summed E-state index contributed by atoms with van der Waals surface area (Å²) < 4.78 is 0. The summed E-state index contributed by atoms with van der Waals surface area (Å²) in [6.45, 7) is 4.25. The number of hydrogen-bond donors (Lipinski definition) is 2. The predicted octanol–water partition coefficient (Wildman–Crippen LogP) is 0.563. The summed E-state index contributed by atoms with van der Waals surface area (Å²) in [4.78, 5) is 21.1. The zero-order valence-corrected chi connectivity index (χ0v) is 10.7. The van der Waals surface area contributed by atoms with Crippen LogP contribution in [0.15, 0.2) is 6.33 Å². The number of carbonyl (C=O) groups excluding carboxylic acids is 1. The van der Waals surface area contributed by atoms with Crippen molar-refractivity contribution in [3.05, 3.63) is 11.9 Å². The fourth-order valence-corrected chi connectivity index (χ4v) is 1.73. The van der Waals surface area contributed by atoms with Gasteiger partial charge in [0.05, 0.1) is 6.54 Å². The van der Waals surface area contributed by atoms with Crippen LogP contribution in [-0.2, 0) is 4.79 Å². The first-order chi connectivity index (χ1) is 7.97. The number of nitrogens with two attached hydrogens (primary N) is 1. The summed E-state index contributed by atoms with van der Waals surface area (Å²) in [6, 6.07) is 0. The summed E-state index contributed by atoms with van der Waals surface area (Å²) in [6.07, 6.45) is 1.48. The Bertz CT molecular complexity index is 405. The number of amides is 1. The highest BCUT2D eigenvalue weighted by atomic mass is 16.1. The third kappa shape index (κ3) is 3.05. The number of hydrogen-bond acceptors (Lipinski definition) is 5. The standard InChI is InChI=1S/C11H19N5O/c1-7(2)9-10(13-3)14-6-15-11(9)16(4)5-8(12)17/h6-7H,5H2,1-4H3,(H2,12,17)(H,13,14,15). The first-order valence-electron chi connectivity index (χ1n) is 5.49. The largest absolute Gasteiger partial charge is 0.373 e. The third-order valence-electron chi connectivity index (χ3n) is 2.43. The molecule has 0 saturated carbocycles. The van der Waals surface area contributed by atoms with E-state index in [0.29, 0.717) is 0 Å². The minimum absolute atomic E-state index is 0.139. The smallest absolute Gasteiger partial charge is 0.236 e. The number of aromatic nitrogens is 2. The minimum Gasteiger partial charge on any atom is -0.373 e. The van der Waals surface area contributed by atoms with Gasteiger partial charge in [-0.05, 0) is 5.92 Å². The number of likely N-dealkylation sites (N-methyl/N-ethyl adjacent to an activating group) is 1. The Morgan fingerprint density at radius 2 is 2.18 bits per heavy atom. The highest BCUT2D eigenvalue weighted by Crippen LogP contribution is 2.29. The van der Waals surface area contributed by atoms with Gasteiger partial charge in [0, 0.05) is 19.7 Å². The van der Waals surface area contributed by atoms with E-state index in [1.54, 1.807) is 11.9 Å². The van der Waals surface area contributed by atoms with Crippen LogP contribution in [0.3, 0.4) is 0 Å². The van der Waals surface area contributed by atoms with E-state index in [4.69, 9.17) is 5.73 Å². The van der Waals surface area contributed by atoms with E-state index < -0.39 is 0 Å². The lowest BCUT2D eigenvalue weighted by atomic mass is 10.0. The summed E-state index contributed by atoms with van der Waals surface area (Å²) in [5.41, 5.74) is 6.17. The van der Waals surface area contributed by atoms with Crippen LogP contribution in [0.25, 0.3) is 0 Å². The van der Waals surface area contributed by atoms with Crippen molar-refractivity contribution < 1.29 is 4.79 Å². The molecule has 0 aliphatic rings. The zero-order chi connectivity index (χ0) is 13.0. The van der Waals surface area contributed by atoms with Crippen LogP contribution >= 0.6 is 0 Å². The molecule has 0 aliphatic heterocycles. The Hall–Kier alpha value is -1.85. The molecular formula is C11H19N5O. The molecule has 0 radical (unpaired) electrons. The molecule has 3 N–H and O–H groups in total. The van der Waals surface area contributed by atoms with Gasteiger partial charge in [-0.2, -0.15) is 0 Å². The number of nitrogens with one attached hydrogen (secondary N) is 1. The van der Waals surface area contributed by atoms with Gasteiger partial charge in [0.1, 0.15) is 18.0 Å². The van der Waals surface area contributed by atoms with E-state index in [9.17, 15) is 4.79 Å². The maximum Gasteiger partial charge on any atom is 0.236 e. The van der Waals surface area contributed by atoms with Crippen LogP contribution in [-0.4, -0.2) is 36.5 Å². The molecular weight excluding hydrogens is 218 g/mol. The summed E-state index contributed by atoms with van der Waals surface area (Å²) in [5, 5.41) is 3.03. The monoisotopic (exact) mass is 237 g/mol. The summed E-state index contributed by atoms with van der Waals surface area (Å²) >= 11 is 0. The van der Waals surface area contributed by atoms with E-state index in [-0.39, 0.29) is 18.4 Å². The number of primary amides is 1. The van der Waals surface area contributed by atoms with Crippen LogP contribution in [0.1, 0.15) is 25.3 Å². The molecule has 1 amide bonds. The average molecular weight is 237 g/mol. The lowest BCUT2D eigenvalue weighted by molar-refractivity contribution is -0.116. The molecule has 6 nitrogen and oxygen atoms in total. The maximum atomic E-state index is 10.9. The molecule has 0 unspecified atom stereocenters. The molecule has 0 fully saturated rings. The molecule has 0 saturated heterocycles. The molecule has 94 valence electrons. The number of anilines is 2. The summed E-state index contributed by atoms with van der Waals surface area (Å²) in [7, 11) is 3.60. The molecule has 0 bridgehead atoms. The van der Waals surface area contributed by atoms with Crippen molar-refractivity contribution in [2.24, 2.45) is 5.73 Å². The molecule has 0 aliphatic carbocycles. The van der Waals surface area contributed by atoms with E-state index in [1.807, 2.05) is 7.05 Å². The van der Waals surface area contributed by atoms with Crippen LogP contribution in [0, 0.1) is 0 Å². The highest BCUT2D eigenvalue weighted by Gasteiger charge is 2.17. The van der Waals surface area contributed by atoms with Gasteiger partial charge in [-0.25, -0.2) is 9.97 Å². The van der Waals surface area contributed by atoms with Gasteiger partial charge in [0.15, 0.2) is 0 Å². The first kappa shape index (κ1) is 13.2. The van der Waals surface area contributed by atoms with Gasteiger partial charge >= 0.3 is 0 Å². The Kier molecular flexibility index (Phi) is 4.25. The minimum atomic E-state index is -0.383. The first-order valence-corrected chi connectivity index (χ1v) is 5.49. The molecule has 1 heterocycles. The van der Waals surface area contributed by atoms with Crippen LogP contribution in [0.5, 0.6) is 0 Å². The zero-order valence-electron chi connectivity index (χ0n) is 10.7. The average Bonchev–Trinajstić information content (AvgIpc) is 2.26. The molecule has 17 heavy (non-hydrogen) atoms. The van der Waals surface area contributed by atoms with E-state index in [0.717, 1.165) is 17.2 Å². The van der Waals surface area contributed by atoms with Crippen LogP contribution < -0.4 is 16.0 Å². The van der Waals surface area contributed by atoms with Gasteiger partial charge < -0.3 is 16.0 Å². The SMILES string of the molecule is CNc1ncnc(N(C)CC(N)=O)c1C(C)C. The molecule has 1 rings (SSSR count). The van der Waals surface area contributed by atoms with Crippen molar-refractivity contribution >= 4 is 17.5 Å². The highest BCUT2D eigenvalue weighted by molar-refractivity contribution is 5.79. The Morgan fingerprint density at radius 1 is 1.53 bits per heavy atom. The fourth-order valence-electron chi connectivity index (χ4n) is 1.73. The molecule has 1 aromatic heterocycles. The van der Waals surface area contributed by atoms with E-state index in [1.165, 1.54) is 6.33 Å². The van der Waals surface area contributed by atoms with Gasteiger partial charge in [0.25, 0.3) is 0 Å². The lowest BCUT2D eigenvalue weighted by Gasteiger charge is -2.22. The normalized spacial score (nSPS) is 10.4. The Balaban J connectivity index is 3.18. The molecule has 6 heteroatoms. The fraction of sp³-hybridized carbons (Fsp3) is 0.545. The van der Waals surface area contributed by atoms with Crippen molar-refractivity contribution in [2.75, 3.05) is 30.9 Å². The molecule has 1 aromatic rings. The van der Waals surface area contributed by atoms with Gasteiger partial charge in [0.2, 0.25) is 5.91 Å². The van der Waals surface area contributed by atoms with Crippen LogP contribution in [0.4, 0.5) is 11.6 Å². The third-order valence-corrected chi connectivity index (χ3v) is 2.43. The molecule has 0 aromatic carbocycles. The Labute approximate surface area is 101 Å². The number of nitrogens with zero attached hydrogens (tertiary/aromatic N) is 3. The molecule has 0 spiro atoms. The summed E-state index contributed by atoms with van der Waals surface area (Å²) in [5.74, 6) is 1.38. The van der Waals surface area contributed by atoms with Gasteiger partial charge in [-0.3, -0.25) is 4.79 Å². The second kappa shape index (κ2) is 5.47. The molecule has 0 atom stereocenters. The second-order valence-electron chi connectivity index (χ2n) is 4.19. The van der Waals surface area contributed by atoms with Crippen molar-refractivity contribution in [1.82, 2.24) is 9.97 Å². The van der Waals surface area contributed by atoms with Crippen molar-refractivity contribution in [1.29, 1.82) is 0 Å². The van der Waals surface area contributed by atoms with Crippen LogP contribution in [0.2, 0.25) is 0 Å². The predicted molar refractivity (Wildman–Crippen MR) is 68.1 cm³/mol. The Morgan fingerprint density at radius 3 is 2.65 bits per heavy atom. The quantitative estimate of drug-likeness (QED) is 0.782. The van der Waals surface area contributed by atoms with Gasteiger partial charge in [-0.1, -0.05) is 13.8 Å². The second-order valence-corrected chi connectivity index (χ2v) is 4.19. The van der Waals surface area contributed by atoms with E-state index >= 15 is 0 Å². The lowest BCUT2D eigenvalue weighted by Crippen LogP contribution is -2.32.